The second-order valence-electron chi connectivity index (χ2n) is 6.41. The van der Waals surface area contributed by atoms with Crippen LogP contribution < -0.4 is 0 Å². The van der Waals surface area contributed by atoms with Crippen molar-refractivity contribution in [2.45, 2.75) is 98.2 Å². The summed E-state index contributed by atoms with van der Waals surface area (Å²) in [7, 11) is -0.113. The maximum atomic E-state index is 2.39. The summed E-state index contributed by atoms with van der Waals surface area (Å²) in [6, 6.07) is 4.76. The minimum atomic E-state index is -0.113. The van der Waals surface area contributed by atoms with Crippen molar-refractivity contribution in [2.75, 3.05) is 0 Å². The zero-order valence-corrected chi connectivity index (χ0v) is 15.6. The quantitative estimate of drug-likeness (QED) is 0.346. The van der Waals surface area contributed by atoms with Crippen LogP contribution in [0, 0.1) is 17.8 Å². The van der Waals surface area contributed by atoms with E-state index in [0.29, 0.717) is 0 Å². The van der Waals surface area contributed by atoms with E-state index in [1.54, 1.807) is 18.1 Å². The van der Waals surface area contributed by atoms with Gasteiger partial charge in [-0.05, 0) is 17.8 Å². The van der Waals surface area contributed by atoms with E-state index < -0.39 is 0 Å². The van der Waals surface area contributed by atoms with E-state index in [1.807, 2.05) is 0 Å². The normalized spacial score (nSPS) is 12.3. The minimum absolute atomic E-state index is 0.113. The van der Waals surface area contributed by atoms with Crippen molar-refractivity contribution in [3.8, 4) is 0 Å². The van der Waals surface area contributed by atoms with E-state index in [1.165, 1.54) is 38.5 Å². The topological polar surface area (TPSA) is 0 Å². The summed E-state index contributed by atoms with van der Waals surface area (Å²) in [5, 5.41) is 0. The molecule has 0 fully saturated rings. The Labute approximate surface area is 125 Å². The molecule has 0 aliphatic carbocycles. The molecule has 1 radical (unpaired) electrons. The zero-order chi connectivity index (χ0) is 14.7. The molecule has 0 nitrogen and oxygen atoms in total. The predicted molar refractivity (Wildman–Crippen MR) is 92.4 cm³/mol. The second-order valence-corrected chi connectivity index (χ2v) is 9.13. The van der Waals surface area contributed by atoms with Crippen LogP contribution in [0.25, 0.3) is 0 Å². The fraction of sp³-hybridized carbons (Fsp3) is 1.00. The summed E-state index contributed by atoms with van der Waals surface area (Å²) >= 11 is 0. The molecule has 0 saturated carbocycles. The Morgan fingerprint density at radius 2 is 0.684 bits per heavy atom. The van der Waals surface area contributed by atoms with Gasteiger partial charge in [-0.2, -0.15) is 0 Å². The molecule has 0 amide bonds. The molecular weight excluding hydrogens is 244 g/mol. The van der Waals surface area contributed by atoms with E-state index in [-0.39, 0.29) is 8.80 Å². The van der Waals surface area contributed by atoms with E-state index in [0.717, 1.165) is 17.8 Å². The van der Waals surface area contributed by atoms with Gasteiger partial charge in [-0.15, -0.1) is 0 Å². The molecule has 0 atom stereocenters. The summed E-state index contributed by atoms with van der Waals surface area (Å²) in [5.41, 5.74) is 0. The van der Waals surface area contributed by atoms with Crippen LogP contribution in [-0.2, 0) is 0 Å². The van der Waals surface area contributed by atoms with Gasteiger partial charge in [0.15, 0.2) is 0 Å². The Bertz CT molecular complexity index is 145. The number of hydrogen-bond acceptors (Lipinski definition) is 0. The predicted octanol–water partition coefficient (Wildman–Crippen LogP) is 6.79. The highest BCUT2D eigenvalue weighted by molar-refractivity contribution is 6.59. The molecule has 0 saturated heterocycles. The van der Waals surface area contributed by atoms with Crippen LogP contribution >= 0.6 is 0 Å². The van der Waals surface area contributed by atoms with Crippen molar-refractivity contribution in [1.82, 2.24) is 0 Å². The molecule has 0 heterocycles. The van der Waals surface area contributed by atoms with Gasteiger partial charge >= 0.3 is 0 Å². The van der Waals surface area contributed by atoms with Crippen molar-refractivity contribution in [3.63, 3.8) is 0 Å². The largest absolute Gasteiger partial charge is 0.0651 e. The Morgan fingerprint density at radius 3 is 0.842 bits per heavy atom. The van der Waals surface area contributed by atoms with Gasteiger partial charge < -0.3 is 0 Å². The molecule has 0 rings (SSSR count). The maximum absolute atomic E-state index is 2.39. The average molecular weight is 284 g/mol. The molecular formula is C18H39Si. The Kier molecular flexibility index (Phi) is 12.1. The van der Waals surface area contributed by atoms with Crippen molar-refractivity contribution in [1.29, 1.82) is 0 Å². The molecule has 0 spiro atoms. The number of hydrogen-bond donors (Lipinski definition) is 0. The zero-order valence-electron chi connectivity index (χ0n) is 14.6. The third-order valence-electron chi connectivity index (χ3n) is 5.20. The molecule has 0 aromatic heterocycles. The van der Waals surface area contributed by atoms with E-state index in [4.69, 9.17) is 0 Å². The SMILES string of the molecule is CCC(CC)C[Si](CC(CC)CC)CC(CC)CC. The van der Waals surface area contributed by atoms with Crippen LogP contribution in [0.2, 0.25) is 18.1 Å². The molecule has 0 unspecified atom stereocenters. The maximum Gasteiger partial charge on any atom is 0.0487 e. The fourth-order valence-corrected chi connectivity index (χ4v) is 7.89. The van der Waals surface area contributed by atoms with Crippen LogP contribution in [0.4, 0.5) is 0 Å². The van der Waals surface area contributed by atoms with E-state index >= 15 is 0 Å². The molecule has 0 bridgehead atoms. The first kappa shape index (κ1) is 19.2. The van der Waals surface area contributed by atoms with Gasteiger partial charge in [0.05, 0.1) is 0 Å². The first-order valence-electron chi connectivity index (χ1n) is 8.98. The van der Waals surface area contributed by atoms with E-state index in [2.05, 4.69) is 41.5 Å². The smallest absolute Gasteiger partial charge is 0.0487 e. The van der Waals surface area contributed by atoms with Crippen LogP contribution in [0.15, 0.2) is 0 Å². The van der Waals surface area contributed by atoms with Gasteiger partial charge in [-0.25, -0.2) is 0 Å². The van der Waals surface area contributed by atoms with Crippen molar-refractivity contribution in [3.05, 3.63) is 0 Å². The van der Waals surface area contributed by atoms with Crippen LogP contribution in [0.1, 0.15) is 80.1 Å². The third kappa shape index (κ3) is 8.17. The third-order valence-corrected chi connectivity index (χ3v) is 8.66. The highest BCUT2D eigenvalue weighted by atomic mass is 28.3. The summed E-state index contributed by atoms with van der Waals surface area (Å²) in [5.74, 6) is 3.04. The van der Waals surface area contributed by atoms with Crippen molar-refractivity contribution in [2.24, 2.45) is 17.8 Å². The monoisotopic (exact) mass is 283 g/mol. The summed E-state index contributed by atoms with van der Waals surface area (Å²) in [4.78, 5) is 0. The van der Waals surface area contributed by atoms with Crippen LogP contribution in [-0.4, -0.2) is 8.80 Å². The van der Waals surface area contributed by atoms with E-state index in [9.17, 15) is 0 Å². The van der Waals surface area contributed by atoms with Gasteiger partial charge in [0.2, 0.25) is 0 Å². The lowest BCUT2D eigenvalue weighted by Gasteiger charge is -2.27. The second kappa shape index (κ2) is 12.0. The van der Waals surface area contributed by atoms with Crippen LogP contribution in [0.5, 0.6) is 0 Å². The molecule has 115 valence electrons. The average Bonchev–Trinajstić information content (AvgIpc) is 2.46. The molecule has 0 aliphatic rings. The van der Waals surface area contributed by atoms with Gasteiger partial charge in [-0.1, -0.05) is 98.2 Å². The van der Waals surface area contributed by atoms with Gasteiger partial charge in [-0.3, -0.25) is 0 Å². The van der Waals surface area contributed by atoms with Gasteiger partial charge in [0.25, 0.3) is 0 Å². The number of rotatable bonds is 12. The van der Waals surface area contributed by atoms with Gasteiger partial charge in [0, 0.05) is 8.80 Å². The lowest BCUT2D eigenvalue weighted by molar-refractivity contribution is 0.496. The van der Waals surface area contributed by atoms with Gasteiger partial charge in [0.1, 0.15) is 0 Å². The molecule has 0 aliphatic heterocycles. The lowest BCUT2D eigenvalue weighted by Crippen LogP contribution is -2.23. The molecule has 19 heavy (non-hydrogen) atoms. The summed E-state index contributed by atoms with van der Waals surface area (Å²) in [6.07, 6.45) is 8.40. The molecule has 0 N–H and O–H groups in total. The highest BCUT2D eigenvalue weighted by Crippen LogP contribution is 2.29. The first-order chi connectivity index (χ1) is 9.14. The minimum Gasteiger partial charge on any atom is -0.0651 e. The lowest BCUT2D eigenvalue weighted by atomic mass is 10.1. The Morgan fingerprint density at radius 1 is 0.474 bits per heavy atom. The van der Waals surface area contributed by atoms with Crippen LogP contribution in [0.3, 0.4) is 0 Å². The highest BCUT2D eigenvalue weighted by Gasteiger charge is 2.22. The Balaban J connectivity index is 4.51. The standard InChI is InChI=1S/C18H39Si/c1-7-16(8-2)13-19(14-17(9-3)10-4)15-18(11-5)12-6/h16-18H,7-15H2,1-6H3. The summed E-state index contributed by atoms with van der Waals surface area (Å²) < 4.78 is 0. The van der Waals surface area contributed by atoms with Crippen molar-refractivity contribution < 1.29 is 0 Å². The summed E-state index contributed by atoms with van der Waals surface area (Å²) in [6.45, 7) is 14.3. The Hall–Kier alpha value is 0.217. The molecule has 0 aromatic carbocycles. The molecule has 1 heteroatoms. The fourth-order valence-electron chi connectivity index (χ4n) is 3.21. The van der Waals surface area contributed by atoms with Crippen molar-refractivity contribution >= 4 is 8.80 Å². The molecule has 0 aromatic rings. The first-order valence-corrected chi connectivity index (χ1v) is 11.1.